The molecule has 0 radical (unpaired) electrons. The molecule has 7 rings (SSSR count). The van der Waals surface area contributed by atoms with E-state index in [1.54, 1.807) is 6.20 Å². The van der Waals surface area contributed by atoms with Crippen LogP contribution in [0.3, 0.4) is 0 Å². The summed E-state index contributed by atoms with van der Waals surface area (Å²) in [4.78, 5) is 9.26. The third-order valence-corrected chi connectivity index (χ3v) is 6.53. The van der Waals surface area contributed by atoms with Crippen molar-refractivity contribution in [1.82, 2.24) is 9.97 Å². The molecule has 4 aromatic carbocycles. The van der Waals surface area contributed by atoms with Gasteiger partial charge >= 0.3 is 0 Å². The first-order valence-corrected chi connectivity index (χ1v) is 11.7. The van der Waals surface area contributed by atoms with Gasteiger partial charge in [0.2, 0.25) is 0 Å². The Kier molecular flexibility index (Phi) is 4.46. The van der Waals surface area contributed by atoms with Gasteiger partial charge in [0.05, 0.1) is 17.1 Å². The van der Waals surface area contributed by atoms with E-state index in [0.717, 1.165) is 55.7 Å². The van der Waals surface area contributed by atoms with E-state index in [-0.39, 0.29) is 0 Å². The number of rotatable bonds is 3. The van der Waals surface area contributed by atoms with Crippen LogP contribution >= 0.6 is 0 Å². The van der Waals surface area contributed by atoms with Gasteiger partial charge in [-0.05, 0) is 70.4 Å². The SMILES string of the molecule is c1ccc(-c2cccc(-c3ccc(-c4ccc5oc6cc7ccccc7cc6c5c4)cc3)n2)nc1. The second-order valence-electron chi connectivity index (χ2n) is 8.71. The lowest BCUT2D eigenvalue weighted by molar-refractivity contribution is 0.669. The van der Waals surface area contributed by atoms with E-state index in [4.69, 9.17) is 9.40 Å². The first-order valence-electron chi connectivity index (χ1n) is 11.7. The minimum Gasteiger partial charge on any atom is -0.456 e. The van der Waals surface area contributed by atoms with Crippen LogP contribution in [-0.4, -0.2) is 9.97 Å². The third kappa shape index (κ3) is 3.46. The fraction of sp³-hybridized carbons (Fsp3) is 0. The molecule has 0 amide bonds. The molecule has 0 bridgehead atoms. The molecule has 7 aromatic rings. The van der Waals surface area contributed by atoms with E-state index < -0.39 is 0 Å². The Morgan fingerprint density at radius 3 is 1.97 bits per heavy atom. The van der Waals surface area contributed by atoms with Crippen LogP contribution < -0.4 is 0 Å². The lowest BCUT2D eigenvalue weighted by Gasteiger charge is -2.07. The summed E-state index contributed by atoms with van der Waals surface area (Å²) in [7, 11) is 0. The summed E-state index contributed by atoms with van der Waals surface area (Å²) in [5, 5.41) is 4.69. The van der Waals surface area contributed by atoms with Crippen LogP contribution in [0.4, 0.5) is 0 Å². The van der Waals surface area contributed by atoms with Gasteiger partial charge in [-0.2, -0.15) is 0 Å². The molecule has 0 fully saturated rings. The average Bonchev–Trinajstić information content (AvgIpc) is 3.29. The largest absolute Gasteiger partial charge is 0.456 e. The summed E-state index contributed by atoms with van der Waals surface area (Å²) >= 11 is 0. The average molecular weight is 449 g/mol. The number of hydrogen-bond donors (Lipinski definition) is 0. The van der Waals surface area contributed by atoms with Crippen LogP contribution in [0.2, 0.25) is 0 Å². The minimum absolute atomic E-state index is 0.872. The third-order valence-electron chi connectivity index (χ3n) is 6.53. The second-order valence-corrected chi connectivity index (χ2v) is 8.71. The maximum atomic E-state index is 6.16. The summed E-state index contributed by atoms with van der Waals surface area (Å²) in [5.41, 5.74) is 7.91. The van der Waals surface area contributed by atoms with Crippen molar-refractivity contribution < 1.29 is 4.42 Å². The smallest absolute Gasteiger partial charge is 0.136 e. The van der Waals surface area contributed by atoms with Gasteiger partial charge in [-0.25, -0.2) is 4.98 Å². The molecule has 164 valence electrons. The molecule has 0 aliphatic carbocycles. The molecule has 3 nitrogen and oxygen atoms in total. The molecule has 0 atom stereocenters. The van der Waals surface area contributed by atoms with Crippen molar-refractivity contribution in [2.24, 2.45) is 0 Å². The normalized spacial score (nSPS) is 11.4. The van der Waals surface area contributed by atoms with E-state index >= 15 is 0 Å². The van der Waals surface area contributed by atoms with Crippen LogP contribution in [0.15, 0.2) is 126 Å². The molecule has 0 spiro atoms. The van der Waals surface area contributed by atoms with Gasteiger partial charge in [0.1, 0.15) is 11.2 Å². The van der Waals surface area contributed by atoms with Crippen molar-refractivity contribution in [3.05, 3.63) is 121 Å². The van der Waals surface area contributed by atoms with Crippen molar-refractivity contribution in [3.63, 3.8) is 0 Å². The van der Waals surface area contributed by atoms with Crippen molar-refractivity contribution >= 4 is 32.7 Å². The fourth-order valence-electron chi connectivity index (χ4n) is 4.73. The number of hydrogen-bond acceptors (Lipinski definition) is 3. The van der Waals surface area contributed by atoms with E-state index in [9.17, 15) is 0 Å². The van der Waals surface area contributed by atoms with Gasteiger partial charge in [-0.3, -0.25) is 4.98 Å². The van der Waals surface area contributed by atoms with E-state index in [0.29, 0.717) is 0 Å². The molecule has 0 aliphatic rings. The van der Waals surface area contributed by atoms with Gasteiger partial charge in [-0.15, -0.1) is 0 Å². The summed E-state index contributed by atoms with van der Waals surface area (Å²) in [6.45, 7) is 0. The molecule has 3 heterocycles. The predicted octanol–water partition coefficient (Wildman–Crippen LogP) is 8.53. The van der Waals surface area contributed by atoms with Crippen molar-refractivity contribution in [2.75, 3.05) is 0 Å². The van der Waals surface area contributed by atoms with Crippen LogP contribution in [0.5, 0.6) is 0 Å². The highest BCUT2D eigenvalue weighted by molar-refractivity contribution is 6.11. The molecule has 0 saturated heterocycles. The zero-order valence-corrected chi connectivity index (χ0v) is 18.8. The molecule has 3 heteroatoms. The first-order chi connectivity index (χ1) is 17.3. The Labute approximate surface area is 202 Å². The van der Waals surface area contributed by atoms with Gasteiger partial charge in [0.15, 0.2) is 0 Å². The van der Waals surface area contributed by atoms with Gasteiger partial charge in [0.25, 0.3) is 0 Å². The van der Waals surface area contributed by atoms with E-state index in [2.05, 4.69) is 83.8 Å². The number of fused-ring (bicyclic) bond motifs is 4. The van der Waals surface area contributed by atoms with Gasteiger partial charge in [-0.1, -0.05) is 66.7 Å². The molecule has 0 aliphatic heterocycles. The Bertz CT molecular complexity index is 1830. The molecule has 0 N–H and O–H groups in total. The highest BCUT2D eigenvalue weighted by Crippen LogP contribution is 2.35. The van der Waals surface area contributed by atoms with E-state index in [1.165, 1.54) is 10.8 Å². The second kappa shape index (κ2) is 7.93. The zero-order valence-electron chi connectivity index (χ0n) is 18.8. The van der Waals surface area contributed by atoms with Crippen LogP contribution in [0.25, 0.3) is 66.5 Å². The minimum atomic E-state index is 0.872. The lowest BCUT2D eigenvalue weighted by atomic mass is 10.00. The summed E-state index contributed by atoms with van der Waals surface area (Å²) in [6.07, 6.45) is 1.79. The van der Waals surface area contributed by atoms with Gasteiger partial charge < -0.3 is 4.42 Å². The Hall–Kier alpha value is -4.76. The van der Waals surface area contributed by atoms with Crippen LogP contribution in [-0.2, 0) is 0 Å². The number of pyridine rings is 2. The molecule has 0 unspecified atom stereocenters. The quantitative estimate of drug-likeness (QED) is 0.272. The van der Waals surface area contributed by atoms with Crippen molar-refractivity contribution in [1.29, 1.82) is 0 Å². The Morgan fingerprint density at radius 2 is 1.14 bits per heavy atom. The molecular formula is C32H20N2O. The van der Waals surface area contributed by atoms with E-state index in [1.807, 2.05) is 36.4 Å². The molecule has 0 saturated carbocycles. The zero-order chi connectivity index (χ0) is 23.2. The fourth-order valence-corrected chi connectivity index (χ4v) is 4.73. The Balaban J connectivity index is 1.26. The molecule has 3 aromatic heterocycles. The number of aromatic nitrogens is 2. The summed E-state index contributed by atoms with van der Waals surface area (Å²) < 4.78 is 6.16. The summed E-state index contributed by atoms with van der Waals surface area (Å²) in [6, 6.07) is 39.7. The molecule has 35 heavy (non-hydrogen) atoms. The number of furan rings is 1. The maximum absolute atomic E-state index is 6.16. The summed E-state index contributed by atoms with van der Waals surface area (Å²) in [5.74, 6) is 0. The lowest BCUT2D eigenvalue weighted by Crippen LogP contribution is -1.89. The van der Waals surface area contributed by atoms with Gasteiger partial charge in [0, 0.05) is 22.5 Å². The van der Waals surface area contributed by atoms with Crippen molar-refractivity contribution in [2.45, 2.75) is 0 Å². The maximum Gasteiger partial charge on any atom is 0.136 e. The standard InChI is InChI=1S/C32H20N2O/c1-2-7-24-20-32-27(18-23(24)6-1)26-19-25(15-16-31(26)35-32)21-11-13-22(14-12-21)28-9-5-10-30(34-28)29-8-3-4-17-33-29/h1-20H. The number of nitrogens with zero attached hydrogens (tertiary/aromatic N) is 2. The van der Waals surface area contributed by atoms with Crippen molar-refractivity contribution in [3.8, 4) is 33.8 Å². The molecular weight excluding hydrogens is 428 g/mol. The highest BCUT2D eigenvalue weighted by Gasteiger charge is 2.11. The topological polar surface area (TPSA) is 38.9 Å². The van der Waals surface area contributed by atoms with Crippen LogP contribution in [0.1, 0.15) is 0 Å². The first kappa shape index (κ1) is 19.7. The Morgan fingerprint density at radius 1 is 0.457 bits per heavy atom. The predicted molar refractivity (Wildman–Crippen MR) is 143 cm³/mol. The van der Waals surface area contributed by atoms with Crippen LogP contribution in [0, 0.1) is 0 Å². The monoisotopic (exact) mass is 448 g/mol. The highest BCUT2D eigenvalue weighted by atomic mass is 16.3. The number of benzene rings is 4.